The van der Waals surface area contributed by atoms with Gasteiger partial charge < -0.3 is 5.32 Å². The number of imidazole rings is 1. The molecule has 0 aliphatic carbocycles. The molecular formula is C25H25FN4OS. The van der Waals surface area contributed by atoms with Gasteiger partial charge in [-0.1, -0.05) is 49.0 Å². The predicted octanol–water partition coefficient (Wildman–Crippen LogP) is 6.07. The number of carbonyl (C=O) groups excluding carboxylic acids is 1. The lowest BCUT2D eigenvalue weighted by Crippen LogP contribution is -2.27. The van der Waals surface area contributed by atoms with E-state index in [1.165, 1.54) is 23.9 Å². The van der Waals surface area contributed by atoms with Crippen LogP contribution in [0.2, 0.25) is 0 Å². The van der Waals surface area contributed by atoms with E-state index in [-0.39, 0.29) is 11.7 Å². The standard InChI is InChI=1S/C25H25FN4OS/c1-4-21(24(31)29-22-16(2)7-5-8-17(22)3)30-23-20(9-6-14-27-23)28-25(30)32-15-18-10-12-19(26)13-11-18/h5-14,21H,4,15H2,1-3H3,(H,29,31)/t21-/m1/s1. The second-order valence-electron chi connectivity index (χ2n) is 7.71. The number of hydrogen-bond donors (Lipinski definition) is 1. The molecule has 2 heterocycles. The summed E-state index contributed by atoms with van der Waals surface area (Å²) in [5, 5.41) is 3.84. The molecule has 0 bridgehead atoms. The van der Waals surface area contributed by atoms with Crippen molar-refractivity contribution in [2.75, 3.05) is 5.32 Å². The van der Waals surface area contributed by atoms with E-state index in [0.717, 1.165) is 27.9 Å². The Morgan fingerprint density at radius 1 is 1.09 bits per heavy atom. The molecule has 7 heteroatoms. The maximum absolute atomic E-state index is 13.4. The van der Waals surface area contributed by atoms with Crippen molar-refractivity contribution < 1.29 is 9.18 Å². The third-order valence-corrected chi connectivity index (χ3v) is 6.45. The van der Waals surface area contributed by atoms with Crippen molar-refractivity contribution >= 4 is 34.5 Å². The third kappa shape index (κ3) is 4.53. The van der Waals surface area contributed by atoms with Crippen molar-refractivity contribution in [3.63, 3.8) is 0 Å². The first kappa shape index (κ1) is 22.0. The fourth-order valence-corrected chi connectivity index (χ4v) is 4.73. The molecule has 0 aliphatic rings. The Labute approximate surface area is 191 Å². The monoisotopic (exact) mass is 448 g/mol. The van der Waals surface area contributed by atoms with Gasteiger partial charge in [0.2, 0.25) is 5.91 Å². The third-order valence-electron chi connectivity index (χ3n) is 5.43. The summed E-state index contributed by atoms with van der Waals surface area (Å²) in [7, 11) is 0. The van der Waals surface area contributed by atoms with Crippen molar-refractivity contribution in [2.45, 2.75) is 44.1 Å². The zero-order chi connectivity index (χ0) is 22.7. The summed E-state index contributed by atoms with van der Waals surface area (Å²) in [5.41, 5.74) is 5.29. The quantitative estimate of drug-likeness (QED) is 0.349. The van der Waals surface area contributed by atoms with Gasteiger partial charge in [-0.15, -0.1) is 0 Å². The second kappa shape index (κ2) is 9.53. The molecule has 4 aromatic rings. The summed E-state index contributed by atoms with van der Waals surface area (Å²) in [6.45, 7) is 5.96. The number of halogens is 1. The molecule has 0 spiro atoms. The number of aryl methyl sites for hydroxylation is 2. The van der Waals surface area contributed by atoms with Gasteiger partial charge in [0.25, 0.3) is 0 Å². The maximum atomic E-state index is 13.4. The summed E-state index contributed by atoms with van der Waals surface area (Å²) in [4.78, 5) is 22.7. The van der Waals surface area contributed by atoms with Crippen molar-refractivity contribution in [1.29, 1.82) is 0 Å². The Morgan fingerprint density at radius 3 is 2.50 bits per heavy atom. The van der Waals surface area contributed by atoms with Gasteiger partial charge in [-0.05, 0) is 61.2 Å². The van der Waals surface area contributed by atoms with Gasteiger partial charge >= 0.3 is 0 Å². The van der Waals surface area contributed by atoms with E-state index in [4.69, 9.17) is 4.98 Å². The topological polar surface area (TPSA) is 59.8 Å². The van der Waals surface area contributed by atoms with Crippen LogP contribution >= 0.6 is 11.8 Å². The van der Waals surface area contributed by atoms with Crippen LogP contribution in [0.1, 0.15) is 36.1 Å². The zero-order valence-corrected chi connectivity index (χ0v) is 19.1. The average molecular weight is 449 g/mol. The first-order valence-electron chi connectivity index (χ1n) is 10.5. The highest BCUT2D eigenvalue weighted by Gasteiger charge is 2.26. The number of aromatic nitrogens is 3. The average Bonchev–Trinajstić information content (AvgIpc) is 3.15. The molecule has 5 nitrogen and oxygen atoms in total. The summed E-state index contributed by atoms with van der Waals surface area (Å²) in [6, 6.07) is 15.7. The molecule has 0 unspecified atom stereocenters. The molecule has 0 aliphatic heterocycles. The summed E-state index contributed by atoms with van der Waals surface area (Å²) >= 11 is 1.51. The Balaban J connectivity index is 1.68. The van der Waals surface area contributed by atoms with Crippen LogP contribution < -0.4 is 5.32 Å². The molecule has 2 aromatic carbocycles. The number of thioether (sulfide) groups is 1. The van der Waals surface area contributed by atoms with Crippen molar-refractivity contribution in [3.05, 3.63) is 83.3 Å². The van der Waals surface area contributed by atoms with Gasteiger partial charge in [0, 0.05) is 17.6 Å². The molecule has 0 fully saturated rings. The molecular weight excluding hydrogens is 423 g/mol. The van der Waals surface area contributed by atoms with Gasteiger partial charge in [0.05, 0.1) is 0 Å². The van der Waals surface area contributed by atoms with Gasteiger partial charge in [0.1, 0.15) is 17.4 Å². The molecule has 1 amide bonds. The van der Waals surface area contributed by atoms with Gasteiger partial charge in [-0.3, -0.25) is 9.36 Å². The van der Waals surface area contributed by atoms with Crippen LogP contribution in [0, 0.1) is 19.7 Å². The molecule has 164 valence electrons. The largest absolute Gasteiger partial charge is 0.324 e. The Hall–Kier alpha value is -3.19. The number of pyridine rings is 1. The lowest BCUT2D eigenvalue weighted by atomic mass is 10.1. The highest BCUT2D eigenvalue weighted by Crippen LogP contribution is 2.31. The maximum Gasteiger partial charge on any atom is 0.247 e. The number of amides is 1. The lowest BCUT2D eigenvalue weighted by Gasteiger charge is -2.21. The lowest BCUT2D eigenvalue weighted by molar-refractivity contribution is -0.119. The number of nitrogens with zero attached hydrogens (tertiary/aromatic N) is 3. The van der Waals surface area contributed by atoms with E-state index in [9.17, 15) is 9.18 Å². The molecule has 2 aromatic heterocycles. The molecule has 32 heavy (non-hydrogen) atoms. The van der Waals surface area contributed by atoms with Crippen LogP contribution in [0.3, 0.4) is 0 Å². The molecule has 1 N–H and O–H groups in total. The highest BCUT2D eigenvalue weighted by atomic mass is 32.2. The van der Waals surface area contributed by atoms with Crippen LogP contribution in [-0.4, -0.2) is 20.4 Å². The molecule has 0 radical (unpaired) electrons. The number of anilines is 1. The van der Waals surface area contributed by atoms with Crippen molar-refractivity contribution in [1.82, 2.24) is 14.5 Å². The van der Waals surface area contributed by atoms with E-state index in [2.05, 4.69) is 10.3 Å². The van der Waals surface area contributed by atoms with Crippen LogP contribution in [0.5, 0.6) is 0 Å². The molecule has 0 saturated carbocycles. The summed E-state index contributed by atoms with van der Waals surface area (Å²) in [5.74, 6) is 0.251. The van der Waals surface area contributed by atoms with Crippen molar-refractivity contribution in [3.8, 4) is 0 Å². The highest BCUT2D eigenvalue weighted by molar-refractivity contribution is 7.98. The number of nitrogens with one attached hydrogen (secondary N) is 1. The van der Waals surface area contributed by atoms with Gasteiger partial charge in [-0.25, -0.2) is 14.4 Å². The summed E-state index contributed by atoms with van der Waals surface area (Å²) < 4.78 is 15.2. The first-order valence-corrected chi connectivity index (χ1v) is 11.5. The Bertz CT molecular complexity index is 1230. The zero-order valence-electron chi connectivity index (χ0n) is 18.3. The van der Waals surface area contributed by atoms with Crippen LogP contribution in [0.15, 0.2) is 66.0 Å². The Morgan fingerprint density at radius 2 is 1.81 bits per heavy atom. The predicted molar refractivity (Wildman–Crippen MR) is 127 cm³/mol. The van der Waals surface area contributed by atoms with Crippen molar-refractivity contribution in [2.24, 2.45) is 0 Å². The number of para-hydroxylation sites is 1. The normalized spacial score (nSPS) is 12.1. The molecule has 1 atom stereocenters. The fraction of sp³-hybridized carbons (Fsp3) is 0.240. The van der Waals surface area contributed by atoms with E-state index in [0.29, 0.717) is 23.0 Å². The number of carbonyl (C=O) groups is 1. The minimum absolute atomic E-state index is 0.0986. The number of benzene rings is 2. The van der Waals surface area contributed by atoms with E-state index in [1.807, 2.05) is 55.7 Å². The first-order chi connectivity index (χ1) is 15.5. The van der Waals surface area contributed by atoms with Crippen LogP contribution in [0.25, 0.3) is 11.2 Å². The minimum atomic E-state index is -0.468. The number of hydrogen-bond acceptors (Lipinski definition) is 4. The van der Waals surface area contributed by atoms with E-state index in [1.54, 1.807) is 18.3 Å². The van der Waals surface area contributed by atoms with E-state index >= 15 is 0 Å². The van der Waals surface area contributed by atoms with Gasteiger partial charge in [0.15, 0.2) is 10.8 Å². The second-order valence-corrected chi connectivity index (χ2v) is 8.65. The fourth-order valence-electron chi connectivity index (χ4n) is 3.72. The van der Waals surface area contributed by atoms with Crippen LogP contribution in [-0.2, 0) is 10.5 Å². The molecule has 0 saturated heterocycles. The number of fused-ring (bicyclic) bond motifs is 1. The minimum Gasteiger partial charge on any atom is -0.324 e. The molecule has 4 rings (SSSR count). The number of rotatable bonds is 7. The van der Waals surface area contributed by atoms with Gasteiger partial charge in [-0.2, -0.15) is 0 Å². The van der Waals surface area contributed by atoms with E-state index < -0.39 is 6.04 Å². The van der Waals surface area contributed by atoms with Crippen LogP contribution in [0.4, 0.5) is 10.1 Å². The smallest absolute Gasteiger partial charge is 0.247 e. The Kier molecular flexibility index (Phi) is 6.55. The summed E-state index contributed by atoms with van der Waals surface area (Å²) in [6.07, 6.45) is 2.30. The SMILES string of the molecule is CC[C@H](C(=O)Nc1c(C)cccc1C)n1c(SCc2ccc(F)cc2)nc2cccnc21.